The summed E-state index contributed by atoms with van der Waals surface area (Å²) in [5.74, 6) is -0.166. The summed E-state index contributed by atoms with van der Waals surface area (Å²) >= 11 is 0. The van der Waals surface area contributed by atoms with Crippen LogP contribution >= 0.6 is 0 Å². The topological polar surface area (TPSA) is 110 Å². The molecule has 0 bridgehead atoms. The molecule has 2 aromatic carbocycles. The zero-order valence-corrected chi connectivity index (χ0v) is 14.8. The monoisotopic (exact) mass is 364 g/mol. The Hall–Kier alpha value is -2.42. The van der Waals surface area contributed by atoms with E-state index in [-0.39, 0.29) is 16.3 Å². The summed E-state index contributed by atoms with van der Waals surface area (Å²) < 4.78 is 31.0. The van der Waals surface area contributed by atoms with E-state index >= 15 is 0 Å². The number of primary amides is 1. The Morgan fingerprint density at radius 1 is 1.20 bits per heavy atom. The van der Waals surface area contributed by atoms with E-state index in [9.17, 15) is 18.4 Å². The first-order valence-electron chi connectivity index (χ1n) is 7.45. The Balaban J connectivity index is 2.44. The van der Waals surface area contributed by atoms with Crippen molar-refractivity contribution < 1.29 is 23.2 Å². The van der Waals surface area contributed by atoms with Crippen molar-refractivity contribution in [3.8, 4) is 5.75 Å². The summed E-state index contributed by atoms with van der Waals surface area (Å²) in [5.41, 5.74) is 6.17. The molecule has 2 rings (SSSR count). The van der Waals surface area contributed by atoms with Gasteiger partial charge in [-0.15, -0.1) is 0 Å². The number of sulfone groups is 1. The van der Waals surface area contributed by atoms with Crippen LogP contribution in [0.4, 0.5) is 0 Å². The Labute approximate surface area is 146 Å². The third-order valence-corrected chi connectivity index (χ3v) is 5.42. The van der Waals surface area contributed by atoms with Gasteiger partial charge < -0.3 is 15.7 Å². The van der Waals surface area contributed by atoms with Gasteiger partial charge in [0, 0.05) is 0 Å². The van der Waals surface area contributed by atoms with Crippen molar-refractivity contribution in [3.05, 3.63) is 53.6 Å². The Morgan fingerprint density at radius 2 is 1.84 bits per heavy atom. The number of amides is 1. The molecular weight excluding hydrogens is 344 g/mol. The van der Waals surface area contributed by atoms with E-state index < -0.39 is 22.3 Å². The van der Waals surface area contributed by atoms with Crippen LogP contribution in [0.15, 0.2) is 52.3 Å². The number of hydrogen-bond acceptors (Lipinski definition) is 6. The summed E-state index contributed by atoms with van der Waals surface area (Å²) in [7, 11) is -2.30. The lowest BCUT2D eigenvalue weighted by atomic mass is 10.1. The molecule has 0 aliphatic rings. The molecule has 2 aromatic rings. The number of rotatable bonds is 7. The molecule has 134 valence electrons. The van der Waals surface area contributed by atoms with Crippen molar-refractivity contribution in [2.45, 2.75) is 23.3 Å². The van der Waals surface area contributed by atoms with Crippen molar-refractivity contribution in [2.75, 3.05) is 13.7 Å². The highest BCUT2D eigenvalue weighted by Crippen LogP contribution is 2.27. The average molecular weight is 364 g/mol. The number of aryl methyl sites for hydroxylation is 1. The fourth-order valence-electron chi connectivity index (χ4n) is 2.36. The predicted octanol–water partition coefficient (Wildman–Crippen LogP) is 1.51. The van der Waals surface area contributed by atoms with Crippen LogP contribution in [-0.2, 0) is 21.2 Å². The number of ether oxygens (including phenoxy) is 1. The first-order valence-corrected chi connectivity index (χ1v) is 8.93. The van der Waals surface area contributed by atoms with Crippen LogP contribution in [0.1, 0.15) is 11.1 Å². The van der Waals surface area contributed by atoms with Crippen molar-refractivity contribution in [2.24, 2.45) is 5.73 Å². The number of hydrogen-bond donors (Lipinski definition) is 2. The first-order chi connectivity index (χ1) is 11.7. The summed E-state index contributed by atoms with van der Waals surface area (Å²) in [5, 5.41) is 10.5. The van der Waals surface area contributed by atoms with Crippen LogP contribution in [0.25, 0.3) is 0 Å². The van der Waals surface area contributed by atoms with E-state index in [0.29, 0.717) is 16.4 Å². The minimum atomic E-state index is -3.80. The molecule has 0 spiro atoms. The number of nitrogens with zero attached hydrogens (tertiary/aromatic N) is 1. The summed E-state index contributed by atoms with van der Waals surface area (Å²) in [6.07, 6.45) is 0. The Kier molecular flexibility index (Phi) is 5.78. The molecule has 0 aromatic heterocycles. The van der Waals surface area contributed by atoms with E-state index in [1.165, 1.54) is 25.3 Å². The van der Waals surface area contributed by atoms with Crippen LogP contribution in [0.3, 0.4) is 0 Å². The number of hydroxylamine groups is 2. The number of benzene rings is 2. The zero-order chi connectivity index (χ0) is 18.6. The second-order valence-electron chi connectivity index (χ2n) is 5.58. The quantitative estimate of drug-likeness (QED) is 0.721. The van der Waals surface area contributed by atoms with Gasteiger partial charge >= 0.3 is 0 Å². The third-order valence-electron chi connectivity index (χ3n) is 3.57. The predicted molar refractivity (Wildman–Crippen MR) is 91.0 cm³/mol. The molecular formula is C17H20N2O5S. The molecule has 8 heteroatoms. The molecule has 0 atom stereocenters. The maximum Gasteiger partial charge on any atom is 0.234 e. The lowest BCUT2D eigenvalue weighted by Crippen LogP contribution is -2.31. The van der Waals surface area contributed by atoms with Gasteiger partial charge in [0.25, 0.3) is 0 Å². The molecule has 0 heterocycles. The van der Waals surface area contributed by atoms with Gasteiger partial charge in [-0.3, -0.25) is 4.79 Å². The van der Waals surface area contributed by atoms with Crippen LogP contribution in [-0.4, -0.2) is 38.3 Å². The molecule has 25 heavy (non-hydrogen) atoms. The Bertz CT molecular complexity index is 863. The average Bonchev–Trinajstić information content (AvgIpc) is 2.55. The molecule has 7 nitrogen and oxygen atoms in total. The maximum atomic E-state index is 13.0. The van der Waals surface area contributed by atoms with Gasteiger partial charge in [-0.25, -0.2) is 8.42 Å². The van der Waals surface area contributed by atoms with Gasteiger partial charge in [0.1, 0.15) is 12.3 Å². The highest BCUT2D eigenvalue weighted by atomic mass is 32.2. The fourth-order valence-corrected chi connectivity index (χ4v) is 3.92. The van der Waals surface area contributed by atoms with Gasteiger partial charge in [0.05, 0.1) is 23.4 Å². The van der Waals surface area contributed by atoms with E-state index in [1.807, 2.05) is 0 Å². The van der Waals surface area contributed by atoms with Gasteiger partial charge in [-0.2, -0.15) is 5.06 Å². The molecule has 1 amide bonds. The number of nitrogens with two attached hydrogens (primary N) is 1. The lowest BCUT2D eigenvalue weighted by molar-refractivity contribution is -0.137. The van der Waals surface area contributed by atoms with E-state index in [4.69, 9.17) is 10.5 Å². The number of methoxy groups -OCH3 is 1. The van der Waals surface area contributed by atoms with Crippen LogP contribution < -0.4 is 10.5 Å². The highest BCUT2D eigenvalue weighted by Gasteiger charge is 2.22. The summed E-state index contributed by atoms with van der Waals surface area (Å²) in [4.78, 5) is 11.1. The van der Waals surface area contributed by atoms with Crippen LogP contribution in [0.5, 0.6) is 5.75 Å². The third kappa shape index (κ3) is 4.56. The standard InChI is InChI=1S/C17H20N2O5S/c1-12-3-4-13(10-19(21)11-17(18)20)16(9-12)25(22,23)15-7-5-14(24-2)6-8-15/h3-9,21H,10-11H2,1-2H3,(H2,18,20). The normalized spacial score (nSPS) is 11.5. The van der Waals surface area contributed by atoms with Crippen molar-refractivity contribution in [3.63, 3.8) is 0 Å². The van der Waals surface area contributed by atoms with Gasteiger partial charge in [-0.1, -0.05) is 12.1 Å². The largest absolute Gasteiger partial charge is 0.497 e. The first kappa shape index (κ1) is 18.9. The molecule has 3 N–H and O–H groups in total. The number of carbonyl (C=O) groups excluding carboxylic acids is 1. The fraction of sp³-hybridized carbons (Fsp3) is 0.235. The second-order valence-corrected chi connectivity index (χ2v) is 7.50. The van der Waals surface area contributed by atoms with E-state index in [0.717, 1.165) is 5.56 Å². The molecule has 0 fully saturated rings. The van der Waals surface area contributed by atoms with Crippen molar-refractivity contribution in [1.82, 2.24) is 5.06 Å². The molecule has 0 aliphatic heterocycles. The van der Waals surface area contributed by atoms with E-state index in [1.54, 1.807) is 31.2 Å². The zero-order valence-electron chi connectivity index (χ0n) is 14.0. The smallest absolute Gasteiger partial charge is 0.234 e. The summed E-state index contributed by atoms with van der Waals surface area (Å²) in [6.45, 7) is 1.24. The second kappa shape index (κ2) is 7.64. The lowest BCUT2D eigenvalue weighted by Gasteiger charge is -2.16. The van der Waals surface area contributed by atoms with Crippen molar-refractivity contribution >= 4 is 15.7 Å². The minimum Gasteiger partial charge on any atom is -0.497 e. The van der Waals surface area contributed by atoms with Crippen molar-refractivity contribution in [1.29, 1.82) is 0 Å². The molecule has 0 saturated heterocycles. The molecule has 0 saturated carbocycles. The van der Waals surface area contributed by atoms with Crippen LogP contribution in [0, 0.1) is 6.92 Å². The van der Waals surface area contributed by atoms with Gasteiger partial charge in [0.15, 0.2) is 0 Å². The number of carbonyl (C=O) groups is 1. The van der Waals surface area contributed by atoms with Crippen LogP contribution in [0.2, 0.25) is 0 Å². The van der Waals surface area contributed by atoms with Gasteiger partial charge in [0.2, 0.25) is 15.7 Å². The highest BCUT2D eigenvalue weighted by molar-refractivity contribution is 7.91. The Morgan fingerprint density at radius 3 is 2.40 bits per heavy atom. The SMILES string of the molecule is COc1ccc(S(=O)(=O)c2cc(C)ccc2CN(O)CC(N)=O)cc1. The molecule has 0 aliphatic carbocycles. The molecule has 0 unspecified atom stereocenters. The minimum absolute atomic E-state index is 0.0705. The maximum absolute atomic E-state index is 13.0. The van der Waals surface area contributed by atoms with E-state index in [2.05, 4.69) is 0 Å². The van der Waals surface area contributed by atoms with Gasteiger partial charge in [-0.05, 0) is 48.4 Å². The summed E-state index contributed by atoms with van der Waals surface area (Å²) in [6, 6.07) is 10.9. The molecule has 0 radical (unpaired) electrons.